The minimum absolute atomic E-state index is 0.120. The third-order valence-electron chi connectivity index (χ3n) is 5.21. The number of hydrogen-bond acceptors (Lipinski definition) is 4. The third-order valence-corrected chi connectivity index (χ3v) is 5.72. The number of nitrogens with two attached hydrogens (primary N) is 1. The first-order valence-electron chi connectivity index (χ1n) is 10.0. The van der Waals surface area contributed by atoms with E-state index < -0.39 is 11.3 Å². The Bertz CT molecular complexity index is 917. The molecular formula is C21H26Cl2N4O3. The van der Waals surface area contributed by atoms with Crippen LogP contribution in [-0.2, 0) is 11.3 Å². The average molecular weight is 453 g/mol. The van der Waals surface area contributed by atoms with Crippen molar-refractivity contribution in [3.63, 3.8) is 0 Å². The van der Waals surface area contributed by atoms with Gasteiger partial charge in [0.15, 0.2) is 5.69 Å². The number of ether oxygens (including phenoxy) is 1. The summed E-state index contributed by atoms with van der Waals surface area (Å²) in [4.78, 5) is 26.6. The van der Waals surface area contributed by atoms with Gasteiger partial charge in [-0.1, -0.05) is 36.2 Å². The number of primary amides is 1. The monoisotopic (exact) mass is 452 g/mol. The molecule has 1 aromatic heterocycles. The summed E-state index contributed by atoms with van der Waals surface area (Å²) in [7, 11) is 0. The van der Waals surface area contributed by atoms with Crippen molar-refractivity contribution in [3.05, 3.63) is 46.2 Å². The number of carbonyl (C=O) groups excluding carboxylic acids is 2. The van der Waals surface area contributed by atoms with Crippen LogP contribution in [0.25, 0.3) is 0 Å². The molecule has 1 fully saturated rings. The number of benzene rings is 1. The largest absolute Gasteiger partial charge is 0.493 e. The molecule has 0 unspecified atom stereocenters. The molecule has 2 aromatic rings. The van der Waals surface area contributed by atoms with Crippen molar-refractivity contribution in [2.45, 2.75) is 39.2 Å². The Balaban J connectivity index is 1.77. The standard InChI is InChI=1S/C21H26Cl2N4O3/c1-2-8-27-12-17(23)19(25-27)20(29)26-9-4-7-21(13-26,11-18(24)28)14-30-16-6-3-5-15(22)10-16/h3,5-6,10,12H,2,4,7-9,11,13-14H2,1H3,(H2,24,28)/t21-/m1/s1. The predicted octanol–water partition coefficient (Wildman–Crippen LogP) is 3.78. The molecule has 7 nitrogen and oxygen atoms in total. The lowest BCUT2D eigenvalue weighted by Crippen LogP contribution is -2.50. The van der Waals surface area contributed by atoms with Gasteiger partial charge in [-0.2, -0.15) is 5.10 Å². The van der Waals surface area contributed by atoms with Gasteiger partial charge in [0.25, 0.3) is 5.91 Å². The molecule has 9 heteroatoms. The number of halogens is 2. The minimum atomic E-state index is -0.583. The molecule has 1 aromatic carbocycles. The van der Waals surface area contributed by atoms with Crippen LogP contribution in [0.3, 0.4) is 0 Å². The number of rotatable bonds is 8. The molecule has 1 aliphatic heterocycles. The fourth-order valence-electron chi connectivity index (χ4n) is 3.89. The Hall–Kier alpha value is -2.25. The van der Waals surface area contributed by atoms with Crippen LogP contribution in [-0.4, -0.2) is 46.2 Å². The van der Waals surface area contributed by atoms with Crippen molar-refractivity contribution in [2.75, 3.05) is 19.7 Å². The zero-order chi connectivity index (χ0) is 21.7. The van der Waals surface area contributed by atoms with Gasteiger partial charge in [0.05, 0.1) is 11.6 Å². The van der Waals surface area contributed by atoms with Crippen LogP contribution in [0, 0.1) is 5.41 Å². The van der Waals surface area contributed by atoms with E-state index in [9.17, 15) is 9.59 Å². The van der Waals surface area contributed by atoms with Crippen molar-refractivity contribution in [2.24, 2.45) is 11.1 Å². The SMILES string of the molecule is CCCn1cc(Cl)c(C(=O)N2CCC[C@@](COc3cccc(Cl)c3)(CC(N)=O)C2)n1. The fraction of sp³-hybridized carbons (Fsp3) is 0.476. The second kappa shape index (κ2) is 9.71. The van der Waals surface area contributed by atoms with E-state index in [1.807, 2.05) is 6.92 Å². The molecule has 0 saturated carbocycles. The molecule has 1 aliphatic rings. The van der Waals surface area contributed by atoms with Crippen LogP contribution in [0.15, 0.2) is 30.5 Å². The van der Waals surface area contributed by atoms with Crippen LogP contribution >= 0.6 is 23.2 Å². The summed E-state index contributed by atoms with van der Waals surface area (Å²) in [5.41, 5.74) is 5.19. The summed E-state index contributed by atoms with van der Waals surface area (Å²) in [6.07, 6.45) is 4.12. The lowest BCUT2D eigenvalue weighted by Gasteiger charge is -2.41. The van der Waals surface area contributed by atoms with Gasteiger partial charge in [-0.05, 0) is 37.5 Å². The number of hydrogen-bond donors (Lipinski definition) is 1. The van der Waals surface area contributed by atoms with E-state index in [0.717, 1.165) is 19.3 Å². The lowest BCUT2D eigenvalue weighted by molar-refractivity contribution is -0.122. The highest BCUT2D eigenvalue weighted by molar-refractivity contribution is 6.33. The molecule has 0 radical (unpaired) electrons. The molecule has 2 heterocycles. The molecule has 0 aliphatic carbocycles. The van der Waals surface area contributed by atoms with Gasteiger partial charge < -0.3 is 15.4 Å². The van der Waals surface area contributed by atoms with Gasteiger partial charge in [-0.25, -0.2) is 0 Å². The molecule has 2 N–H and O–H groups in total. The number of aryl methyl sites for hydroxylation is 1. The summed E-state index contributed by atoms with van der Waals surface area (Å²) in [6.45, 7) is 3.86. The molecule has 30 heavy (non-hydrogen) atoms. The Kier molecular flexibility index (Phi) is 7.26. The second-order valence-electron chi connectivity index (χ2n) is 7.81. The molecule has 0 spiro atoms. The Morgan fingerprint density at radius 1 is 1.33 bits per heavy atom. The maximum Gasteiger partial charge on any atom is 0.275 e. The minimum Gasteiger partial charge on any atom is -0.493 e. The highest BCUT2D eigenvalue weighted by Gasteiger charge is 2.40. The molecule has 2 amide bonds. The van der Waals surface area contributed by atoms with E-state index in [1.165, 1.54) is 0 Å². The van der Waals surface area contributed by atoms with Crippen molar-refractivity contribution < 1.29 is 14.3 Å². The first-order valence-corrected chi connectivity index (χ1v) is 10.8. The van der Waals surface area contributed by atoms with Gasteiger partial charge in [-0.3, -0.25) is 14.3 Å². The first-order chi connectivity index (χ1) is 14.3. The molecule has 1 saturated heterocycles. The van der Waals surface area contributed by atoms with Crippen LogP contribution in [0.1, 0.15) is 43.1 Å². The van der Waals surface area contributed by atoms with Crippen LogP contribution in [0.2, 0.25) is 10.0 Å². The topological polar surface area (TPSA) is 90.5 Å². The normalized spacial score (nSPS) is 19.0. The zero-order valence-corrected chi connectivity index (χ0v) is 18.5. The summed E-state index contributed by atoms with van der Waals surface area (Å²) in [6, 6.07) is 7.07. The van der Waals surface area contributed by atoms with Gasteiger partial charge in [-0.15, -0.1) is 0 Å². The maximum absolute atomic E-state index is 13.1. The Labute approximate surface area is 186 Å². The Morgan fingerprint density at radius 2 is 2.13 bits per heavy atom. The van der Waals surface area contributed by atoms with Gasteiger partial charge in [0, 0.05) is 42.7 Å². The number of amides is 2. The molecular weight excluding hydrogens is 427 g/mol. The van der Waals surface area contributed by atoms with Crippen molar-refractivity contribution >= 4 is 35.0 Å². The Morgan fingerprint density at radius 3 is 2.83 bits per heavy atom. The molecule has 3 rings (SSSR count). The van der Waals surface area contributed by atoms with E-state index in [2.05, 4.69) is 5.10 Å². The highest BCUT2D eigenvalue weighted by Crippen LogP contribution is 2.35. The predicted molar refractivity (Wildman–Crippen MR) is 116 cm³/mol. The van der Waals surface area contributed by atoms with E-state index in [0.29, 0.717) is 35.4 Å². The quantitative estimate of drug-likeness (QED) is 0.659. The van der Waals surface area contributed by atoms with Crippen molar-refractivity contribution in [1.82, 2.24) is 14.7 Å². The average Bonchev–Trinajstić information content (AvgIpc) is 3.06. The van der Waals surface area contributed by atoms with Crippen molar-refractivity contribution in [1.29, 1.82) is 0 Å². The maximum atomic E-state index is 13.1. The lowest BCUT2D eigenvalue weighted by atomic mass is 9.77. The molecule has 162 valence electrons. The number of aromatic nitrogens is 2. The van der Waals surface area contributed by atoms with Crippen molar-refractivity contribution in [3.8, 4) is 5.75 Å². The highest BCUT2D eigenvalue weighted by atomic mass is 35.5. The number of piperidine rings is 1. The third kappa shape index (κ3) is 5.46. The van der Waals surface area contributed by atoms with Gasteiger partial charge in [0.2, 0.25) is 5.91 Å². The van der Waals surface area contributed by atoms with E-state index >= 15 is 0 Å². The van der Waals surface area contributed by atoms with E-state index in [1.54, 1.807) is 40.0 Å². The summed E-state index contributed by atoms with van der Waals surface area (Å²) in [5, 5.41) is 5.24. The second-order valence-corrected chi connectivity index (χ2v) is 8.65. The van der Waals surface area contributed by atoms with Gasteiger partial charge >= 0.3 is 0 Å². The fourth-order valence-corrected chi connectivity index (χ4v) is 4.30. The zero-order valence-electron chi connectivity index (χ0n) is 16.9. The number of nitrogens with zero attached hydrogens (tertiary/aromatic N) is 3. The van der Waals surface area contributed by atoms with Crippen LogP contribution in [0.4, 0.5) is 0 Å². The number of likely N-dealkylation sites (tertiary alicyclic amines) is 1. The van der Waals surface area contributed by atoms with Crippen LogP contribution in [0.5, 0.6) is 5.75 Å². The molecule has 0 bridgehead atoms. The molecule has 1 atom stereocenters. The summed E-state index contributed by atoms with van der Waals surface area (Å²) < 4.78 is 7.63. The summed E-state index contributed by atoms with van der Waals surface area (Å²) >= 11 is 12.3. The number of carbonyl (C=O) groups is 2. The van der Waals surface area contributed by atoms with Crippen LogP contribution < -0.4 is 10.5 Å². The van der Waals surface area contributed by atoms with E-state index in [-0.39, 0.29) is 24.6 Å². The van der Waals surface area contributed by atoms with E-state index in [4.69, 9.17) is 33.7 Å². The summed E-state index contributed by atoms with van der Waals surface area (Å²) in [5.74, 6) is -0.0634. The van der Waals surface area contributed by atoms with Gasteiger partial charge in [0.1, 0.15) is 5.75 Å². The smallest absolute Gasteiger partial charge is 0.275 e. The first kappa shape index (κ1) is 22.4.